The molecule has 0 unspecified atom stereocenters. The lowest BCUT2D eigenvalue weighted by Crippen LogP contribution is -2.12. The number of carbonyl (C=O) groups is 2. The van der Waals surface area contributed by atoms with Gasteiger partial charge in [0.1, 0.15) is 0 Å². The van der Waals surface area contributed by atoms with Gasteiger partial charge in [0.05, 0.1) is 36.7 Å². The first-order valence-electron chi connectivity index (χ1n) is 9.02. The maximum absolute atomic E-state index is 12.0. The molecule has 6 nitrogen and oxygen atoms in total. The number of para-hydroxylation sites is 2. The van der Waals surface area contributed by atoms with Crippen molar-refractivity contribution in [3.8, 4) is 0 Å². The molecule has 0 saturated heterocycles. The van der Waals surface area contributed by atoms with Crippen LogP contribution in [0.25, 0.3) is 0 Å². The van der Waals surface area contributed by atoms with Gasteiger partial charge in [0, 0.05) is 11.4 Å². The van der Waals surface area contributed by atoms with Crippen molar-refractivity contribution < 1.29 is 19.1 Å². The molecule has 0 bridgehead atoms. The number of aliphatic imine (C=N–C) groups is 1. The number of carbonyl (C=O) groups excluding carboxylic acids is 2. The lowest BCUT2D eigenvalue weighted by Gasteiger charge is -2.18. The monoisotopic (exact) mass is 378 g/mol. The van der Waals surface area contributed by atoms with E-state index in [1.807, 2.05) is 24.3 Å². The van der Waals surface area contributed by atoms with Gasteiger partial charge in [-0.15, -0.1) is 0 Å². The molecule has 0 saturated carbocycles. The standard InChI is InChI=1S/C22H22N2O4/c1-27-21(25)17-10-3-5-12-19(17)23-15-8-7-9-16(14-15)24-20-13-6-4-11-18(20)22(26)28-2/h3-6,10-14,23H,7-9H2,1-2H3/b24-16+. The van der Waals surface area contributed by atoms with Crippen molar-refractivity contribution >= 4 is 29.0 Å². The summed E-state index contributed by atoms with van der Waals surface area (Å²) in [6.45, 7) is 0. The van der Waals surface area contributed by atoms with Crippen molar-refractivity contribution in [3.63, 3.8) is 0 Å². The van der Waals surface area contributed by atoms with Crippen LogP contribution in [0.3, 0.4) is 0 Å². The zero-order valence-electron chi connectivity index (χ0n) is 15.9. The molecule has 0 heterocycles. The minimum absolute atomic E-state index is 0.389. The number of hydrogen-bond donors (Lipinski definition) is 1. The van der Waals surface area contributed by atoms with Crippen LogP contribution in [0.15, 0.2) is 65.3 Å². The molecule has 3 rings (SSSR count). The predicted molar refractivity (Wildman–Crippen MR) is 108 cm³/mol. The molecule has 28 heavy (non-hydrogen) atoms. The van der Waals surface area contributed by atoms with Crippen molar-refractivity contribution in [1.29, 1.82) is 0 Å². The molecule has 6 heteroatoms. The van der Waals surface area contributed by atoms with Gasteiger partial charge < -0.3 is 14.8 Å². The highest BCUT2D eigenvalue weighted by Crippen LogP contribution is 2.26. The van der Waals surface area contributed by atoms with Crippen LogP contribution in [0.2, 0.25) is 0 Å². The Hall–Kier alpha value is -3.41. The zero-order chi connectivity index (χ0) is 19.9. The van der Waals surface area contributed by atoms with Crippen molar-refractivity contribution in [2.75, 3.05) is 19.5 Å². The number of methoxy groups -OCH3 is 2. The van der Waals surface area contributed by atoms with E-state index < -0.39 is 5.97 Å². The fourth-order valence-electron chi connectivity index (χ4n) is 3.05. The van der Waals surface area contributed by atoms with Crippen molar-refractivity contribution in [1.82, 2.24) is 0 Å². The van der Waals surface area contributed by atoms with Gasteiger partial charge in [0.15, 0.2) is 0 Å². The number of nitrogens with zero attached hydrogens (tertiary/aromatic N) is 1. The van der Waals surface area contributed by atoms with Gasteiger partial charge in [-0.3, -0.25) is 4.99 Å². The first kappa shape index (κ1) is 19.4. The van der Waals surface area contributed by atoms with Crippen LogP contribution in [-0.4, -0.2) is 31.9 Å². The summed E-state index contributed by atoms with van der Waals surface area (Å²) in [5, 5.41) is 3.32. The molecule has 1 aliphatic rings. The molecule has 2 aromatic rings. The maximum atomic E-state index is 12.0. The van der Waals surface area contributed by atoms with Crippen LogP contribution < -0.4 is 5.32 Å². The Morgan fingerprint density at radius 2 is 1.54 bits per heavy atom. The molecule has 2 aromatic carbocycles. The van der Waals surface area contributed by atoms with Gasteiger partial charge in [-0.25, -0.2) is 9.59 Å². The minimum atomic E-state index is -0.412. The third-order valence-corrected chi connectivity index (χ3v) is 4.42. The molecule has 144 valence electrons. The Balaban J connectivity index is 1.88. The quantitative estimate of drug-likeness (QED) is 0.775. The Bertz CT molecular complexity index is 947. The maximum Gasteiger partial charge on any atom is 0.340 e. The summed E-state index contributed by atoms with van der Waals surface area (Å²) in [4.78, 5) is 28.6. The van der Waals surface area contributed by atoms with Crippen molar-refractivity contribution in [2.24, 2.45) is 4.99 Å². The summed E-state index contributed by atoms with van der Waals surface area (Å²) in [6, 6.07) is 14.3. The van der Waals surface area contributed by atoms with Gasteiger partial charge >= 0.3 is 11.9 Å². The highest BCUT2D eigenvalue weighted by atomic mass is 16.5. The fourth-order valence-corrected chi connectivity index (χ4v) is 3.05. The Kier molecular flexibility index (Phi) is 6.22. The highest BCUT2D eigenvalue weighted by Gasteiger charge is 2.16. The van der Waals surface area contributed by atoms with E-state index in [2.05, 4.69) is 10.3 Å². The van der Waals surface area contributed by atoms with Crippen molar-refractivity contribution in [2.45, 2.75) is 19.3 Å². The molecule has 0 amide bonds. The molecular weight excluding hydrogens is 356 g/mol. The second-order valence-electron chi connectivity index (χ2n) is 6.30. The van der Waals surface area contributed by atoms with Crippen LogP contribution >= 0.6 is 0 Å². The molecule has 0 fully saturated rings. The highest BCUT2D eigenvalue weighted by molar-refractivity contribution is 6.02. The normalized spacial score (nSPS) is 14.9. The van der Waals surface area contributed by atoms with Gasteiger partial charge in [-0.05, 0) is 49.6 Å². The lowest BCUT2D eigenvalue weighted by molar-refractivity contribution is 0.0593. The number of nitrogens with one attached hydrogen (secondary N) is 1. The number of ether oxygens (including phenoxy) is 2. The summed E-state index contributed by atoms with van der Waals surface area (Å²) in [5.41, 5.74) is 4.00. The Morgan fingerprint density at radius 1 is 0.893 bits per heavy atom. The number of anilines is 1. The second-order valence-corrected chi connectivity index (χ2v) is 6.30. The summed E-state index contributed by atoms with van der Waals surface area (Å²) in [7, 11) is 2.72. The second kappa shape index (κ2) is 8.99. The van der Waals surface area contributed by atoms with E-state index in [1.54, 1.807) is 30.3 Å². The van der Waals surface area contributed by atoms with Crippen molar-refractivity contribution in [3.05, 3.63) is 71.4 Å². The third kappa shape index (κ3) is 4.46. The van der Waals surface area contributed by atoms with Crippen LogP contribution in [0.5, 0.6) is 0 Å². The fraction of sp³-hybridized carbons (Fsp3) is 0.227. The van der Waals surface area contributed by atoms with E-state index in [0.717, 1.165) is 30.7 Å². The van der Waals surface area contributed by atoms with E-state index in [-0.39, 0.29) is 5.97 Å². The van der Waals surface area contributed by atoms with Gasteiger partial charge in [-0.2, -0.15) is 0 Å². The third-order valence-electron chi connectivity index (χ3n) is 4.42. The zero-order valence-corrected chi connectivity index (χ0v) is 15.9. The number of rotatable bonds is 5. The molecule has 0 radical (unpaired) electrons. The van der Waals surface area contributed by atoms with Gasteiger partial charge in [-0.1, -0.05) is 24.3 Å². The van der Waals surface area contributed by atoms with E-state index >= 15 is 0 Å². The van der Waals surface area contributed by atoms with Gasteiger partial charge in [0.25, 0.3) is 0 Å². The van der Waals surface area contributed by atoms with E-state index in [4.69, 9.17) is 9.47 Å². The average molecular weight is 378 g/mol. The molecule has 0 atom stereocenters. The van der Waals surface area contributed by atoms with E-state index in [1.165, 1.54) is 14.2 Å². The van der Waals surface area contributed by atoms with E-state index in [0.29, 0.717) is 22.5 Å². The minimum Gasteiger partial charge on any atom is -0.465 e. The first-order chi connectivity index (χ1) is 13.6. The Labute approximate surface area is 163 Å². The van der Waals surface area contributed by atoms with Crippen LogP contribution in [0, 0.1) is 0 Å². The molecule has 0 spiro atoms. The lowest BCUT2D eigenvalue weighted by atomic mass is 10.0. The number of esters is 2. The summed E-state index contributed by atoms with van der Waals surface area (Å²) >= 11 is 0. The Morgan fingerprint density at radius 3 is 2.29 bits per heavy atom. The SMILES string of the molecule is COC(=O)c1ccccc1/N=C1/C=C(Nc2ccccc2C(=O)OC)CCC1. The topological polar surface area (TPSA) is 77.0 Å². The van der Waals surface area contributed by atoms with Crippen LogP contribution in [0.4, 0.5) is 11.4 Å². The van der Waals surface area contributed by atoms with Crippen LogP contribution in [-0.2, 0) is 9.47 Å². The molecule has 0 aromatic heterocycles. The van der Waals surface area contributed by atoms with Gasteiger partial charge in [0.2, 0.25) is 0 Å². The predicted octanol–water partition coefficient (Wildman–Crippen LogP) is 4.51. The molecule has 0 aliphatic heterocycles. The largest absolute Gasteiger partial charge is 0.465 e. The summed E-state index contributed by atoms with van der Waals surface area (Å²) in [6.07, 6.45) is 4.52. The summed E-state index contributed by atoms with van der Waals surface area (Å²) in [5.74, 6) is -0.800. The number of benzene rings is 2. The van der Waals surface area contributed by atoms with E-state index in [9.17, 15) is 9.59 Å². The van der Waals surface area contributed by atoms with Crippen LogP contribution in [0.1, 0.15) is 40.0 Å². The first-order valence-corrected chi connectivity index (χ1v) is 9.02. The molecule has 1 N–H and O–H groups in total. The summed E-state index contributed by atoms with van der Waals surface area (Å²) < 4.78 is 9.68. The number of allylic oxidation sites excluding steroid dienone is 2. The number of hydrogen-bond acceptors (Lipinski definition) is 6. The average Bonchev–Trinajstić information content (AvgIpc) is 2.73. The molecule has 1 aliphatic carbocycles. The molecular formula is C22H22N2O4. The smallest absolute Gasteiger partial charge is 0.340 e.